The van der Waals surface area contributed by atoms with Crippen LogP contribution in [-0.2, 0) is 22.6 Å². The molecule has 1 N–H and O–H groups in total. The van der Waals surface area contributed by atoms with Crippen molar-refractivity contribution in [2.45, 2.75) is 19.2 Å². The van der Waals surface area contributed by atoms with Gasteiger partial charge in [0.25, 0.3) is 5.91 Å². The van der Waals surface area contributed by atoms with Gasteiger partial charge in [-0.05, 0) is 17.7 Å². The number of para-hydroxylation sites is 1. The number of pyridine rings is 1. The maximum atomic E-state index is 13.1. The fourth-order valence-electron chi connectivity index (χ4n) is 3.14. The van der Waals surface area contributed by atoms with Gasteiger partial charge < -0.3 is 24.4 Å². The van der Waals surface area contributed by atoms with E-state index in [1.165, 1.54) is 0 Å². The molecule has 1 aliphatic rings. The van der Waals surface area contributed by atoms with Gasteiger partial charge in [-0.1, -0.05) is 18.2 Å². The van der Waals surface area contributed by atoms with Crippen molar-refractivity contribution in [1.82, 2.24) is 15.2 Å². The smallest absolute Gasteiger partial charge is 0.253 e. The molecular weight excluding hydrogens is 346 g/mol. The number of hydrogen-bond acceptors (Lipinski definition) is 6. The highest BCUT2D eigenvalue weighted by Crippen LogP contribution is 2.32. The van der Waals surface area contributed by atoms with Crippen molar-refractivity contribution in [3.8, 4) is 11.5 Å². The normalized spacial score (nSPS) is 16.6. The Balaban J connectivity index is 1.86. The molecule has 1 saturated heterocycles. The van der Waals surface area contributed by atoms with Crippen molar-refractivity contribution in [3.63, 3.8) is 0 Å². The van der Waals surface area contributed by atoms with Crippen molar-refractivity contribution in [2.75, 3.05) is 33.9 Å². The summed E-state index contributed by atoms with van der Waals surface area (Å²) in [5.41, 5.74) is 1.83. The lowest BCUT2D eigenvalue weighted by Crippen LogP contribution is -2.49. The predicted octanol–water partition coefficient (Wildman–Crippen LogP) is 1.62. The molecule has 0 spiro atoms. The quantitative estimate of drug-likeness (QED) is 0.797. The fourth-order valence-corrected chi connectivity index (χ4v) is 3.14. The summed E-state index contributed by atoms with van der Waals surface area (Å²) in [5.74, 6) is 1.21. The number of carbonyl (C=O) groups is 1. The summed E-state index contributed by atoms with van der Waals surface area (Å²) < 4.78 is 16.6. The van der Waals surface area contributed by atoms with Gasteiger partial charge in [-0.2, -0.15) is 0 Å². The second-order valence-corrected chi connectivity index (χ2v) is 6.27. The summed E-state index contributed by atoms with van der Waals surface area (Å²) in [6.45, 7) is 2.62. The SMILES string of the molecule is COc1cccc(CN(Cc2cccnc2)C(=O)[C@H]2CNCCO2)c1OC. The van der Waals surface area contributed by atoms with E-state index in [1.54, 1.807) is 31.5 Å². The summed E-state index contributed by atoms with van der Waals surface area (Å²) >= 11 is 0. The monoisotopic (exact) mass is 371 g/mol. The molecule has 1 aromatic heterocycles. The number of aromatic nitrogens is 1. The molecule has 7 heteroatoms. The minimum absolute atomic E-state index is 0.0593. The lowest BCUT2D eigenvalue weighted by atomic mass is 10.1. The Hall–Kier alpha value is -2.64. The molecule has 144 valence electrons. The number of methoxy groups -OCH3 is 2. The molecule has 1 aromatic carbocycles. The van der Waals surface area contributed by atoms with Gasteiger partial charge in [-0.3, -0.25) is 9.78 Å². The van der Waals surface area contributed by atoms with Gasteiger partial charge in [0.1, 0.15) is 6.10 Å². The molecular formula is C20H25N3O4. The summed E-state index contributed by atoms with van der Waals surface area (Å²) in [7, 11) is 3.20. The standard InChI is InChI=1S/C20H25N3O4/c1-25-17-7-3-6-16(19(17)26-2)14-23(13-15-5-4-8-21-11-15)20(24)18-12-22-9-10-27-18/h3-8,11,18,22H,9-10,12-14H2,1-2H3/t18-/m1/s1. The van der Waals surface area contributed by atoms with E-state index in [9.17, 15) is 4.79 Å². The van der Waals surface area contributed by atoms with E-state index in [0.717, 1.165) is 17.7 Å². The number of benzene rings is 1. The molecule has 1 amide bonds. The number of morpholine rings is 1. The lowest BCUT2D eigenvalue weighted by Gasteiger charge is -2.30. The maximum Gasteiger partial charge on any atom is 0.253 e. The molecule has 3 rings (SSSR count). The minimum Gasteiger partial charge on any atom is -0.493 e. The van der Waals surface area contributed by atoms with Crippen LogP contribution in [0.3, 0.4) is 0 Å². The lowest BCUT2D eigenvalue weighted by molar-refractivity contribution is -0.146. The van der Waals surface area contributed by atoms with E-state index in [1.807, 2.05) is 30.3 Å². The van der Waals surface area contributed by atoms with E-state index < -0.39 is 6.10 Å². The highest BCUT2D eigenvalue weighted by Gasteiger charge is 2.28. The number of carbonyl (C=O) groups excluding carboxylic acids is 1. The van der Waals surface area contributed by atoms with Crippen LogP contribution in [0.15, 0.2) is 42.7 Å². The zero-order valence-corrected chi connectivity index (χ0v) is 15.7. The van der Waals surface area contributed by atoms with E-state index in [-0.39, 0.29) is 5.91 Å². The van der Waals surface area contributed by atoms with E-state index in [4.69, 9.17) is 14.2 Å². The van der Waals surface area contributed by atoms with Crippen LogP contribution >= 0.6 is 0 Å². The van der Waals surface area contributed by atoms with Gasteiger partial charge in [-0.15, -0.1) is 0 Å². The number of nitrogens with one attached hydrogen (secondary N) is 1. The average Bonchev–Trinajstić information content (AvgIpc) is 2.73. The number of ether oxygens (including phenoxy) is 3. The molecule has 0 aliphatic carbocycles. The summed E-state index contributed by atoms with van der Waals surface area (Å²) in [4.78, 5) is 19.1. The Labute approximate surface area is 159 Å². The van der Waals surface area contributed by atoms with Gasteiger partial charge >= 0.3 is 0 Å². The van der Waals surface area contributed by atoms with E-state index in [0.29, 0.717) is 37.7 Å². The third kappa shape index (κ3) is 4.75. The zero-order valence-electron chi connectivity index (χ0n) is 15.7. The molecule has 1 atom stereocenters. The maximum absolute atomic E-state index is 13.1. The van der Waals surface area contributed by atoms with E-state index >= 15 is 0 Å². The van der Waals surface area contributed by atoms with Crippen molar-refractivity contribution >= 4 is 5.91 Å². The third-order valence-electron chi connectivity index (χ3n) is 4.46. The average molecular weight is 371 g/mol. The molecule has 0 saturated carbocycles. The van der Waals surface area contributed by atoms with Crippen molar-refractivity contribution in [1.29, 1.82) is 0 Å². The van der Waals surface area contributed by atoms with Crippen LogP contribution in [0, 0.1) is 0 Å². The van der Waals surface area contributed by atoms with Crippen LogP contribution in [0.25, 0.3) is 0 Å². The van der Waals surface area contributed by atoms with Gasteiger partial charge in [-0.25, -0.2) is 0 Å². The molecule has 27 heavy (non-hydrogen) atoms. The number of rotatable bonds is 7. The summed E-state index contributed by atoms with van der Waals surface area (Å²) in [6, 6.07) is 9.48. The Kier molecular flexibility index (Phi) is 6.62. The number of amides is 1. The predicted molar refractivity (Wildman–Crippen MR) is 101 cm³/mol. The highest BCUT2D eigenvalue weighted by atomic mass is 16.5. The second kappa shape index (κ2) is 9.34. The Morgan fingerprint density at radius 1 is 1.26 bits per heavy atom. The third-order valence-corrected chi connectivity index (χ3v) is 4.46. The van der Waals surface area contributed by atoms with Crippen LogP contribution in [0.2, 0.25) is 0 Å². The van der Waals surface area contributed by atoms with E-state index in [2.05, 4.69) is 10.3 Å². The number of hydrogen-bond donors (Lipinski definition) is 1. The molecule has 7 nitrogen and oxygen atoms in total. The Morgan fingerprint density at radius 2 is 2.15 bits per heavy atom. The zero-order chi connectivity index (χ0) is 19.1. The first kappa shape index (κ1) is 19.1. The first-order chi connectivity index (χ1) is 13.2. The first-order valence-corrected chi connectivity index (χ1v) is 8.92. The summed E-state index contributed by atoms with van der Waals surface area (Å²) in [5, 5.41) is 3.21. The summed E-state index contributed by atoms with van der Waals surface area (Å²) in [6.07, 6.45) is 2.99. The minimum atomic E-state index is -0.493. The van der Waals surface area contributed by atoms with Gasteiger partial charge in [0.15, 0.2) is 11.5 Å². The highest BCUT2D eigenvalue weighted by molar-refractivity contribution is 5.81. The van der Waals surface area contributed by atoms with Gasteiger partial charge in [0.2, 0.25) is 0 Å². The molecule has 2 aromatic rings. The van der Waals surface area contributed by atoms with Crippen molar-refractivity contribution < 1.29 is 19.0 Å². The Bertz CT molecular complexity index is 748. The fraction of sp³-hybridized carbons (Fsp3) is 0.400. The van der Waals surface area contributed by atoms with Crippen LogP contribution in [0.5, 0.6) is 11.5 Å². The van der Waals surface area contributed by atoms with Crippen molar-refractivity contribution in [3.05, 3.63) is 53.9 Å². The molecule has 1 aliphatic heterocycles. The van der Waals surface area contributed by atoms with Crippen LogP contribution < -0.4 is 14.8 Å². The second-order valence-electron chi connectivity index (χ2n) is 6.27. The Morgan fingerprint density at radius 3 is 2.81 bits per heavy atom. The topological polar surface area (TPSA) is 72.9 Å². The molecule has 1 fully saturated rings. The van der Waals surface area contributed by atoms with Gasteiger partial charge in [0.05, 0.1) is 20.8 Å². The molecule has 0 radical (unpaired) electrons. The number of nitrogens with zero attached hydrogens (tertiary/aromatic N) is 2. The van der Waals surface area contributed by atoms with Crippen molar-refractivity contribution in [2.24, 2.45) is 0 Å². The van der Waals surface area contributed by atoms with Crippen LogP contribution in [0.1, 0.15) is 11.1 Å². The van der Waals surface area contributed by atoms with Gasteiger partial charge in [0, 0.05) is 44.1 Å². The van der Waals surface area contributed by atoms with Crippen LogP contribution in [0.4, 0.5) is 0 Å². The first-order valence-electron chi connectivity index (χ1n) is 8.92. The van der Waals surface area contributed by atoms with Crippen LogP contribution in [-0.4, -0.2) is 55.8 Å². The molecule has 0 bridgehead atoms. The largest absolute Gasteiger partial charge is 0.493 e. The molecule has 2 heterocycles. The molecule has 0 unspecified atom stereocenters.